The predicted octanol–water partition coefficient (Wildman–Crippen LogP) is 1.70. The molecule has 0 saturated carbocycles. The third kappa shape index (κ3) is 3.53. The fraction of sp³-hybridized carbons (Fsp3) is 0.846. The lowest BCUT2D eigenvalue weighted by Crippen LogP contribution is -2.28. The van der Waals surface area contributed by atoms with Gasteiger partial charge >= 0.3 is 0 Å². The fourth-order valence-corrected chi connectivity index (χ4v) is 2.53. The van der Waals surface area contributed by atoms with Crippen molar-refractivity contribution < 1.29 is 0 Å². The van der Waals surface area contributed by atoms with E-state index in [1.54, 1.807) is 0 Å². The van der Waals surface area contributed by atoms with Crippen LogP contribution in [0.2, 0.25) is 0 Å². The molecule has 0 aromatic carbocycles. The molecule has 0 atom stereocenters. The fourth-order valence-electron chi connectivity index (χ4n) is 2.53. The first-order valence-electron chi connectivity index (χ1n) is 6.89. The molecular formula is C13H24N4. The summed E-state index contributed by atoms with van der Waals surface area (Å²) in [5, 5.41) is 7.87. The number of nitrogens with one attached hydrogen (secondary N) is 1. The summed E-state index contributed by atoms with van der Waals surface area (Å²) in [7, 11) is 2.02. The van der Waals surface area contributed by atoms with Crippen molar-refractivity contribution in [3.8, 4) is 0 Å². The molecule has 4 heteroatoms. The number of aryl methyl sites for hydroxylation is 3. The van der Waals surface area contributed by atoms with E-state index in [1.807, 2.05) is 11.7 Å². The van der Waals surface area contributed by atoms with Crippen molar-refractivity contribution in [2.75, 3.05) is 13.1 Å². The second kappa shape index (κ2) is 6.15. The second-order valence-electron chi connectivity index (χ2n) is 5.05. The molecule has 2 rings (SSSR count). The molecule has 1 aliphatic heterocycles. The van der Waals surface area contributed by atoms with Gasteiger partial charge in [0.25, 0.3) is 0 Å². The Morgan fingerprint density at radius 1 is 1.29 bits per heavy atom. The smallest absolute Gasteiger partial charge is 0.150 e. The van der Waals surface area contributed by atoms with E-state index in [0.717, 1.165) is 36.8 Å². The van der Waals surface area contributed by atoms with Gasteiger partial charge in [-0.05, 0) is 44.7 Å². The molecular weight excluding hydrogens is 212 g/mol. The first kappa shape index (κ1) is 12.6. The molecule has 1 fully saturated rings. The van der Waals surface area contributed by atoms with Crippen LogP contribution in [0.1, 0.15) is 44.3 Å². The molecule has 1 aliphatic rings. The van der Waals surface area contributed by atoms with Crippen molar-refractivity contribution in [2.45, 2.75) is 45.4 Å². The number of hydrogen-bond acceptors (Lipinski definition) is 3. The van der Waals surface area contributed by atoms with Gasteiger partial charge in [0.1, 0.15) is 5.82 Å². The van der Waals surface area contributed by atoms with Gasteiger partial charge in [0.05, 0.1) is 0 Å². The summed E-state index contributed by atoms with van der Waals surface area (Å²) < 4.78 is 1.96. The third-order valence-corrected chi connectivity index (χ3v) is 3.61. The molecule has 17 heavy (non-hydrogen) atoms. The van der Waals surface area contributed by atoms with Gasteiger partial charge in [-0.1, -0.05) is 6.92 Å². The van der Waals surface area contributed by atoms with Gasteiger partial charge in [-0.15, -0.1) is 0 Å². The molecule has 1 aromatic heterocycles. The van der Waals surface area contributed by atoms with E-state index in [1.165, 1.54) is 32.4 Å². The van der Waals surface area contributed by atoms with E-state index >= 15 is 0 Å². The van der Waals surface area contributed by atoms with Gasteiger partial charge in [-0.2, -0.15) is 5.10 Å². The number of rotatable bonds is 5. The number of aromatic nitrogens is 3. The molecule has 0 unspecified atom stereocenters. The minimum absolute atomic E-state index is 0.877. The zero-order valence-corrected chi connectivity index (χ0v) is 11.1. The lowest BCUT2D eigenvalue weighted by atomic mass is 9.93. The minimum Gasteiger partial charge on any atom is -0.317 e. The number of hydrogen-bond donors (Lipinski definition) is 1. The predicted molar refractivity (Wildman–Crippen MR) is 68.9 cm³/mol. The Bertz CT molecular complexity index is 339. The van der Waals surface area contributed by atoms with Gasteiger partial charge in [0.2, 0.25) is 0 Å². The molecule has 0 aliphatic carbocycles. The van der Waals surface area contributed by atoms with Crippen LogP contribution in [0.25, 0.3) is 0 Å². The van der Waals surface area contributed by atoms with Gasteiger partial charge in [0, 0.05) is 19.9 Å². The van der Waals surface area contributed by atoms with E-state index in [4.69, 9.17) is 0 Å². The first-order chi connectivity index (χ1) is 8.29. The van der Waals surface area contributed by atoms with Crippen LogP contribution in [-0.2, 0) is 19.9 Å². The Labute approximate surface area is 104 Å². The highest BCUT2D eigenvalue weighted by Crippen LogP contribution is 2.18. The zero-order chi connectivity index (χ0) is 12.1. The van der Waals surface area contributed by atoms with Crippen LogP contribution in [0.5, 0.6) is 0 Å². The highest BCUT2D eigenvalue weighted by atomic mass is 15.3. The van der Waals surface area contributed by atoms with Crippen molar-refractivity contribution in [3.63, 3.8) is 0 Å². The monoisotopic (exact) mass is 236 g/mol. The highest BCUT2D eigenvalue weighted by Gasteiger charge is 2.14. The molecule has 0 amide bonds. The number of piperidine rings is 1. The molecule has 0 spiro atoms. The maximum absolute atomic E-state index is 4.62. The normalized spacial score (nSPS) is 17.5. The molecule has 4 nitrogen and oxygen atoms in total. The van der Waals surface area contributed by atoms with E-state index < -0.39 is 0 Å². The lowest BCUT2D eigenvalue weighted by molar-refractivity contribution is 0.351. The van der Waals surface area contributed by atoms with Crippen LogP contribution < -0.4 is 5.32 Å². The Morgan fingerprint density at radius 3 is 2.76 bits per heavy atom. The van der Waals surface area contributed by atoms with Crippen molar-refractivity contribution in [3.05, 3.63) is 11.6 Å². The lowest BCUT2D eigenvalue weighted by Gasteiger charge is -2.22. The summed E-state index contributed by atoms with van der Waals surface area (Å²) >= 11 is 0. The highest BCUT2D eigenvalue weighted by molar-refractivity contribution is 4.93. The Balaban J connectivity index is 1.84. The molecule has 96 valence electrons. The minimum atomic E-state index is 0.877. The largest absolute Gasteiger partial charge is 0.317 e. The van der Waals surface area contributed by atoms with Crippen molar-refractivity contribution in [1.29, 1.82) is 0 Å². The SMILES string of the molecule is CCCc1nc(CCC2CCNCC2)n(C)n1. The quantitative estimate of drug-likeness (QED) is 0.846. The number of nitrogens with zero attached hydrogens (tertiary/aromatic N) is 3. The third-order valence-electron chi connectivity index (χ3n) is 3.61. The van der Waals surface area contributed by atoms with Crippen LogP contribution >= 0.6 is 0 Å². The average molecular weight is 236 g/mol. The Kier molecular flexibility index (Phi) is 4.54. The molecule has 1 aromatic rings. The van der Waals surface area contributed by atoms with Gasteiger partial charge in [0.15, 0.2) is 5.82 Å². The molecule has 1 N–H and O–H groups in total. The second-order valence-corrected chi connectivity index (χ2v) is 5.05. The van der Waals surface area contributed by atoms with E-state index in [2.05, 4.69) is 22.3 Å². The van der Waals surface area contributed by atoms with Crippen molar-refractivity contribution >= 4 is 0 Å². The van der Waals surface area contributed by atoms with Crippen LogP contribution in [0.15, 0.2) is 0 Å². The van der Waals surface area contributed by atoms with Crippen LogP contribution in [0, 0.1) is 5.92 Å². The van der Waals surface area contributed by atoms with Crippen molar-refractivity contribution in [1.82, 2.24) is 20.1 Å². The Morgan fingerprint density at radius 2 is 2.06 bits per heavy atom. The van der Waals surface area contributed by atoms with E-state index in [-0.39, 0.29) is 0 Å². The van der Waals surface area contributed by atoms with Gasteiger partial charge in [-0.3, -0.25) is 4.68 Å². The zero-order valence-electron chi connectivity index (χ0n) is 11.1. The van der Waals surface area contributed by atoms with Crippen LogP contribution in [0.4, 0.5) is 0 Å². The van der Waals surface area contributed by atoms with Crippen LogP contribution in [-0.4, -0.2) is 27.9 Å². The summed E-state index contributed by atoms with van der Waals surface area (Å²) in [6.45, 7) is 4.54. The topological polar surface area (TPSA) is 42.7 Å². The molecule has 0 radical (unpaired) electrons. The molecule has 1 saturated heterocycles. The van der Waals surface area contributed by atoms with E-state index in [0.29, 0.717) is 0 Å². The summed E-state index contributed by atoms with van der Waals surface area (Å²) in [5.74, 6) is 3.05. The maximum atomic E-state index is 4.62. The van der Waals surface area contributed by atoms with Crippen molar-refractivity contribution in [2.24, 2.45) is 13.0 Å². The first-order valence-corrected chi connectivity index (χ1v) is 6.89. The Hall–Kier alpha value is -0.900. The molecule has 0 bridgehead atoms. The van der Waals surface area contributed by atoms with Gasteiger partial charge < -0.3 is 5.32 Å². The molecule has 2 heterocycles. The summed E-state index contributed by atoms with van der Waals surface area (Å²) in [4.78, 5) is 4.62. The average Bonchev–Trinajstić information content (AvgIpc) is 2.69. The van der Waals surface area contributed by atoms with Gasteiger partial charge in [-0.25, -0.2) is 4.98 Å². The summed E-state index contributed by atoms with van der Waals surface area (Å²) in [6.07, 6.45) is 7.11. The van der Waals surface area contributed by atoms with Crippen LogP contribution in [0.3, 0.4) is 0 Å². The maximum Gasteiger partial charge on any atom is 0.150 e. The van der Waals surface area contributed by atoms with E-state index in [9.17, 15) is 0 Å². The summed E-state index contributed by atoms with van der Waals surface area (Å²) in [5.41, 5.74) is 0. The standard InChI is InChI=1S/C13H24N4/c1-3-4-12-15-13(17(2)16-12)6-5-11-7-9-14-10-8-11/h11,14H,3-10H2,1-2H3. The summed E-state index contributed by atoms with van der Waals surface area (Å²) in [6, 6.07) is 0.